The van der Waals surface area contributed by atoms with Crippen LogP contribution in [0.2, 0.25) is 0 Å². The third-order valence-electron chi connectivity index (χ3n) is 3.14. The molecule has 1 aliphatic rings. The lowest BCUT2D eigenvalue weighted by Gasteiger charge is -2.33. The minimum atomic E-state index is 0.130. The van der Waals surface area contributed by atoms with Crippen molar-refractivity contribution in [1.82, 2.24) is 10.3 Å². The minimum absolute atomic E-state index is 0.130. The van der Waals surface area contributed by atoms with Crippen LogP contribution >= 0.6 is 15.9 Å². The first kappa shape index (κ1) is 13.3. The molecule has 1 amide bonds. The van der Waals surface area contributed by atoms with E-state index >= 15 is 0 Å². The van der Waals surface area contributed by atoms with Crippen molar-refractivity contribution in [2.75, 3.05) is 18.0 Å². The van der Waals surface area contributed by atoms with Crippen molar-refractivity contribution in [2.45, 2.75) is 32.2 Å². The van der Waals surface area contributed by atoms with E-state index in [1.54, 1.807) is 0 Å². The van der Waals surface area contributed by atoms with Crippen LogP contribution < -0.4 is 10.2 Å². The Morgan fingerprint density at radius 1 is 1.61 bits per heavy atom. The Labute approximate surface area is 116 Å². The highest BCUT2D eigenvalue weighted by atomic mass is 79.9. The molecule has 0 bridgehead atoms. The van der Waals surface area contributed by atoms with Gasteiger partial charge in [-0.1, -0.05) is 6.92 Å². The lowest BCUT2D eigenvalue weighted by atomic mass is 10.1. The number of piperidine rings is 1. The molecule has 1 N–H and O–H groups in total. The van der Waals surface area contributed by atoms with Crippen molar-refractivity contribution >= 4 is 27.7 Å². The summed E-state index contributed by atoms with van der Waals surface area (Å²) >= 11 is 3.39. The van der Waals surface area contributed by atoms with Crippen LogP contribution in [0.1, 0.15) is 26.2 Å². The zero-order valence-corrected chi connectivity index (χ0v) is 12.1. The topological polar surface area (TPSA) is 45.2 Å². The number of pyridine rings is 1. The Balaban J connectivity index is 1.98. The smallest absolute Gasteiger partial charge is 0.219 e. The molecule has 1 fully saturated rings. The number of amides is 1. The van der Waals surface area contributed by atoms with Gasteiger partial charge in [0.25, 0.3) is 0 Å². The van der Waals surface area contributed by atoms with Gasteiger partial charge in [0.1, 0.15) is 5.82 Å². The summed E-state index contributed by atoms with van der Waals surface area (Å²) in [5.74, 6) is 1.11. The number of carbonyl (C=O) groups is 1. The van der Waals surface area contributed by atoms with Gasteiger partial charge in [0.05, 0.1) is 0 Å². The van der Waals surface area contributed by atoms with Gasteiger partial charge in [-0.3, -0.25) is 4.79 Å². The molecule has 0 spiro atoms. The largest absolute Gasteiger partial charge is 0.355 e. The summed E-state index contributed by atoms with van der Waals surface area (Å²) in [6.07, 6.45) is 4.50. The highest BCUT2D eigenvalue weighted by molar-refractivity contribution is 9.10. The molecule has 18 heavy (non-hydrogen) atoms. The monoisotopic (exact) mass is 311 g/mol. The highest BCUT2D eigenvalue weighted by Crippen LogP contribution is 2.19. The van der Waals surface area contributed by atoms with Gasteiger partial charge in [0, 0.05) is 36.2 Å². The van der Waals surface area contributed by atoms with E-state index in [9.17, 15) is 4.79 Å². The second-order valence-corrected chi connectivity index (χ2v) is 5.46. The Kier molecular flexibility index (Phi) is 4.58. The molecule has 1 aromatic heterocycles. The average Bonchev–Trinajstić information content (AvgIpc) is 2.40. The summed E-state index contributed by atoms with van der Waals surface area (Å²) in [5, 5.41) is 3.06. The van der Waals surface area contributed by atoms with Gasteiger partial charge in [-0.05, 0) is 40.9 Å². The van der Waals surface area contributed by atoms with Crippen LogP contribution in [0.15, 0.2) is 22.8 Å². The third-order valence-corrected chi connectivity index (χ3v) is 3.61. The van der Waals surface area contributed by atoms with Gasteiger partial charge in [-0.25, -0.2) is 4.98 Å². The molecule has 0 unspecified atom stereocenters. The minimum Gasteiger partial charge on any atom is -0.355 e. The zero-order valence-electron chi connectivity index (χ0n) is 10.5. The molecule has 4 nitrogen and oxygen atoms in total. The van der Waals surface area contributed by atoms with Crippen LogP contribution in [-0.2, 0) is 4.79 Å². The number of nitrogens with zero attached hydrogens (tertiary/aromatic N) is 2. The Hall–Kier alpha value is -1.10. The van der Waals surface area contributed by atoms with Gasteiger partial charge in [0.2, 0.25) is 5.91 Å². The molecule has 98 valence electrons. The second kappa shape index (κ2) is 6.18. The molecule has 2 heterocycles. The van der Waals surface area contributed by atoms with Crippen LogP contribution in [0, 0.1) is 0 Å². The molecule has 1 aromatic rings. The Morgan fingerprint density at radius 3 is 3.11 bits per heavy atom. The van der Waals surface area contributed by atoms with E-state index in [2.05, 4.69) is 31.1 Å². The average molecular weight is 312 g/mol. The van der Waals surface area contributed by atoms with Crippen LogP contribution in [0.3, 0.4) is 0 Å². The van der Waals surface area contributed by atoms with Crippen LogP contribution in [-0.4, -0.2) is 30.0 Å². The van der Waals surface area contributed by atoms with E-state index in [0.717, 1.165) is 36.2 Å². The van der Waals surface area contributed by atoms with Crippen molar-refractivity contribution < 1.29 is 4.79 Å². The number of hydrogen-bond acceptors (Lipinski definition) is 3. The van der Waals surface area contributed by atoms with Gasteiger partial charge >= 0.3 is 0 Å². The molecular weight excluding hydrogens is 294 g/mol. The molecule has 1 atom stereocenters. The fraction of sp³-hybridized carbons (Fsp3) is 0.538. The summed E-state index contributed by atoms with van der Waals surface area (Å²) < 4.78 is 0.985. The second-order valence-electron chi connectivity index (χ2n) is 4.54. The van der Waals surface area contributed by atoms with Gasteiger partial charge in [0.15, 0.2) is 0 Å². The van der Waals surface area contributed by atoms with Gasteiger partial charge < -0.3 is 10.2 Å². The maximum Gasteiger partial charge on any atom is 0.219 e. The normalized spacial score (nSPS) is 19.7. The van der Waals surface area contributed by atoms with E-state index in [0.29, 0.717) is 6.42 Å². The SMILES string of the molecule is CCC(=O)N[C@@H]1CCCN(c2ccc(Br)cn2)C1. The number of aromatic nitrogens is 1. The number of nitrogens with one attached hydrogen (secondary N) is 1. The fourth-order valence-corrected chi connectivity index (χ4v) is 2.42. The number of halogens is 1. The molecule has 5 heteroatoms. The van der Waals surface area contributed by atoms with Crippen molar-refractivity contribution in [3.05, 3.63) is 22.8 Å². The summed E-state index contributed by atoms with van der Waals surface area (Å²) in [6, 6.07) is 4.25. The maximum absolute atomic E-state index is 11.4. The van der Waals surface area contributed by atoms with Crippen molar-refractivity contribution in [2.24, 2.45) is 0 Å². The molecular formula is C13H18BrN3O. The number of rotatable bonds is 3. The predicted octanol–water partition coefficient (Wildman–Crippen LogP) is 2.34. The lowest BCUT2D eigenvalue weighted by molar-refractivity contribution is -0.121. The summed E-state index contributed by atoms with van der Waals surface area (Å²) in [7, 11) is 0. The van der Waals surface area contributed by atoms with E-state index in [1.165, 1.54) is 0 Å². The van der Waals surface area contributed by atoms with Gasteiger partial charge in [-0.15, -0.1) is 0 Å². The van der Waals surface area contributed by atoms with Crippen molar-refractivity contribution in [3.63, 3.8) is 0 Å². The van der Waals surface area contributed by atoms with Crippen LogP contribution in [0.4, 0.5) is 5.82 Å². The third kappa shape index (κ3) is 3.45. The summed E-state index contributed by atoms with van der Waals surface area (Å²) in [5.41, 5.74) is 0. The van der Waals surface area contributed by atoms with E-state index in [1.807, 2.05) is 25.3 Å². The number of hydrogen-bond donors (Lipinski definition) is 1. The zero-order chi connectivity index (χ0) is 13.0. The number of carbonyl (C=O) groups excluding carboxylic acids is 1. The first-order valence-electron chi connectivity index (χ1n) is 6.35. The number of anilines is 1. The maximum atomic E-state index is 11.4. The van der Waals surface area contributed by atoms with E-state index in [-0.39, 0.29) is 11.9 Å². The van der Waals surface area contributed by atoms with Crippen molar-refractivity contribution in [3.8, 4) is 0 Å². The first-order valence-corrected chi connectivity index (χ1v) is 7.14. The van der Waals surface area contributed by atoms with E-state index < -0.39 is 0 Å². The van der Waals surface area contributed by atoms with E-state index in [4.69, 9.17) is 0 Å². The predicted molar refractivity (Wildman–Crippen MR) is 75.6 cm³/mol. The van der Waals surface area contributed by atoms with Crippen LogP contribution in [0.5, 0.6) is 0 Å². The molecule has 0 aromatic carbocycles. The van der Waals surface area contributed by atoms with Gasteiger partial charge in [-0.2, -0.15) is 0 Å². The standard InChI is InChI=1S/C13H18BrN3O/c1-2-13(18)16-11-4-3-7-17(9-11)12-6-5-10(14)8-15-12/h5-6,8,11H,2-4,7,9H2,1H3,(H,16,18)/t11-/m1/s1. The molecule has 1 saturated heterocycles. The first-order chi connectivity index (χ1) is 8.69. The fourth-order valence-electron chi connectivity index (χ4n) is 2.19. The highest BCUT2D eigenvalue weighted by Gasteiger charge is 2.21. The summed E-state index contributed by atoms with van der Waals surface area (Å²) in [4.78, 5) is 18.1. The molecule has 1 aliphatic heterocycles. The quantitative estimate of drug-likeness (QED) is 0.932. The van der Waals surface area contributed by atoms with Crippen LogP contribution in [0.25, 0.3) is 0 Å². The molecule has 0 saturated carbocycles. The lowest BCUT2D eigenvalue weighted by Crippen LogP contribution is -2.47. The Bertz CT molecular complexity index is 407. The summed E-state index contributed by atoms with van der Waals surface area (Å²) in [6.45, 7) is 3.74. The molecule has 0 radical (unpaired) electrons. The Morgan fingerprint density at radius 2 is 2.44 bits per heavy atom. The molecule has 2 rings (SSSR count). The van der Waals surface area contributed by atoms with Crippen molar-refractivity contribution in [1.29, 1.82) is 0 Å². The molecule has 0 aliphatic carbocycles.